The summed E-state index contributed by atoms with van der Waals surface area (Å²) in [6.45, 7) is 2.26. The Morgan fingerprint density at radius 1 is 1.31 bits per heavy atom. The van der Waals surface area contributed by atoms with Crippen molar-refractivity contribution in [3.05, 3.63) is 70.7 Å². The maximum atomic E-state index is 13.1. The Morgan fingerprint density at radius 3 is 3.04 bits per heavy atom. The molecule has 4 nitrogen and oxygen atoms in total. The van der Waals surface area contributed by atoms with Crippen LogP contribution in [-0.2, 0) is 12.8 Å². The van der Waals surface area contributed by atoms with Crippen LogP contribution in [0, 0.1) is 11.7 Å². The maximum absolute atomic E-state index is 13.1. The first-order chi connectivity index (χ1) is 12.6. The number of hydrazone groups is 1. The summed E-state index contributed by atoms with van der Waals surface area (Å²) in [7, 11) is 0. The molecule has 0 saturated carbocycles. The van der Waals surface area contributed by atoms with Gasteiger partial charge in [0, 0.05) is 22.2 Å². The number of rotatable bonds is 3. The minimum Gasteiger partial charge on any atom is -0.358 e. The number of hydrogen-bond donors (Lipinski definition) is 2. The van der Waals surface area contributed by atoms with Crippen molar-refractivity contribution in [1.29, 1.82) is 0 Å². The van der Waals surface area contributed by atoms with Crippen LogP contribution in [0.15, 0.2) is 47.6 Å². The van der Waals surface area contributed by atoms with Crippen molar-refractivity contribution in [3.8, 4) is 0 Å². The number of halogens is 1. The lowest BCUT2D eigenvalue weighted by Gasteiger charge is -2.18. The van der Waals surface area contributed by atoms with E-state index in [1.165, 1.54) is 36.0 Å². The number of aryl methyl sites for hydroxylation is 1. The molecule has 132 valence electrons. The van der Waals surface area contributed by atoms with E-state index in [0.717, 1.165) is 23.7 Å². The predicted molar refractivity (Wildman–Crippen MR) is 101 cm³/mol. The highest BCUT2D eigenvalue weighted by Gasteiger charge is 2.20. The molecule has 1 aliphatic rings. The molecule has 2 N–H and O–H groups in total. The Kier molecular flexibility index (Phi) is 4.29. The van der Waals surface area contributed by atoms with Crippen LogP contribution in [0.3, 0.4) is 0 Å². The van der Waals surface area contributed by atoms with Gasteiger partial charge in [-0.25, -0.2) is 9.82 Å². The van der Waals surface area contributed by atoms with E-state index in [2.05, 4.69) is 22.4 Å². The van der Waals surface area contributed by atoms with E-state index in [4.69, 9.17) is 0 Å². The van der Waals surface area contributed by atoms with Crippen molar-refractivity contribution in [2.45, 2.75) is 26.2 Å². The van der Waals surface area contributed by atoms with Gasteiger partial charge in [-0.05, 0) is 66.6 Å². The summed E-state index contributed by atoms with van der Waals surface area (Å²) in [6.07, 6.45) is 4.73. The fourth-order valence-corrected chi connectivity index (χ4v) is 3.55. The van der Waals surface area contributed by atoms with E-state index in [9.17, 15) is 9.18 Å². The topological polar surface area (TPSA) is 57.2 Å². The molecule has 0 bridgehead atoms. The van der Waals surface area contributed by atoms with Gasteiger partial charge in [0.1, 0.15) is 5.82 Å². The van der Waals surface area contributed by atoms with Crippen molar-refractivity contribution in [2.75, 3.05) is 0 Å². The number of H-pyrrole nitrogens is 1. The van der Waals surface area contributed by atoms with Crippen LogP contribution in [0.1, 0.15) is 40.5 Å². The van der Waals surface area contributed by atoms with Crippen LogP contribution in [0.25, 0.3) is 10.9 Å². The second-order valence-electron chi connectivity index (χ2n) is 6.94. The molecule has 1 aliphatic carbocycles. The van der Waals surface area contributed by atoms with Gasteiger partial charge in [-0.15, -0.1) is 0 Å². The van der Waals surface area contributed by atoms with E-state index in [1.807, 2.05) is 12.1 Å². The molecule has 1 heterocycles. The fourth-order valence-electron chi connectivity index (χ4n) is 3.55. The van der Waals surface area contributed by atoms with Crippen LogP contribution in [0.5, 0.6) is 0 Å². The van der Waals surface area contributed by atoms with E-state index in [-0.39, 0.29) is 11.7 Å². The summed E-state index contributed by atoms with van der Waals surface area (Å²) in [4.78, 5) is 15.9. The molecule has 2 aromatic carbocycles. The number of amides is 1. The summed E-state index contributed by atoms with van der Waals surface area (Å²) in [6, 6.07) is 11.7. The SMILES string of the molecule is CC1CCc2[nH]c3ccc(C(=O)N/N=C\c4cccc(F)c4)cc3c2C1. The zero-order chi connectivity index (χ0) is 18.1. The van der Waals surface area contributed by atoms with Crippen LogP contribution in [0.2, 0.25) is 0 Å². The molecule has 0 aliphatic heterocycles. The third-order valence-electron chi connectivity index (χ3n) is 4.92. The van der Waals surface area contributed by atoms with Gasteiger partial charge < -0.3 is 4.98 Å². The number of nitrogens with zero attached hydrogens (tertiary/aromatic N) is 1. The highest BCUT2D eigenvalue weighted by Crippen LogP contribution is 2.32. The molecule has 1 unspecified atom stereocenters. The van der Waals surface area contributed by atoms with Gasteiger partial charge in [0.25, 0.3) is 5.91 Å². The summed E-state index contributed by atoms with van der Waals surface area (Å²) in [5, 5.41) is 5.05. The summed E-state index contributed by atoms with van der Waals surface area (Å²) in [5.41, 5.74) is 7.36. The number of hydrogen-bond acceptors (Lipinski definition) is 2. The molecule has 0 spiro atoms. The number of aromatic amines is 1. The number of aromatic nitrogens is 1. The maximum Gasteiger partial charge on any atom is 0.271 e. The zero-order valence-corrected chi connectivity index (χ0v) is 14.6. The number of carbonyl (C=O) groups is 1. The Balaban J connectivity index is 1.54. The monoisotopic (exact) mass is 349 g/mol. The van der Waals surface area contributed by atoms with E-state index in [1.54, 1.807) is 18.2 Å². The van der Waals surface area contributed by atoms with Gasteiger partial charge in [-0.1, -0.05) is 19.1 Å². The Hall–Kier alpha value is -2.95. The van der Waals surface area contributed by atoms with Gasteiger partial charge in [-0.2, -0.15) is 5.10 Å². The Morgan fingerprint density at radius 2 is 2.19 bits per heavy atom. The molecule has 1 amide bonds. The molecule has 4 rings (SSSR count). The molecule has 5 heteroatoms. The lowest BCUT2D eigenvalue weighted by molar-refractivity contribution is 0.0955. The van der Waals surface area contributed by atoms with Crippen LogP contribution in [0.4, 0.5) is 4.39 Å². The molecule has 1 atom stereocenters. The zero-order valence-electron chi connectivity index (χ0n) is 14.6. The number of benzene rings is 2. The molecule has 1 aromatic heterocycles. The second-order valence-corrected chi connectivity index (χ2v) is 6.94. The third-order valence-corrected chi connectivity index (χ3v) is 4.92. The van der Waals surface area contributed by atoms with E-state index >= 15 is 0 Å². The van der Waals surface area contributed by atoms with Gasteiger partial charge in [-0.3, -0.25) is 4.79 Å². The third kappa shape index (κ3) is 3.25. The molecule has 3 aromatic rings. The van der Waals surface area contributed by atoms with Crippen LogP contribution >= 0.6 is 0 Å². The molecular weight excluding hydrogens is 329 g/mol. The molecule has 26 heavy (non-hydrogen) atoms. The van der Waals surface area contributed by atoms with Gasteiger partial charge in [0.15, 0.2) is 0 Å². The van der Waals surface area contributed by atoms with E-state index in [0.29, 0.717) is 17.0 Å². The van der Waals surface area contributed by atoms with Crippen molar-refractivity contribution in [2.24, 2.45) is 11.0 Å². The highest BCUT2D eigenvalue weighted by atomic mass is 19.1. The van der Waals surface area contributed by atoms with Gasteiger partial charge in [0.05, 0.1) is 6.21 Å². The summed E-state index contributed by atoms with van der Waals surface area (Å²) < 4.78 is 13.1. The average Bonchev–Trinajstić information content (AvgIpc) is 2.99. The Labute approximate surface area is 151 Å². The van der Waals surface area contributed by atoms with Gasteiger partial charge in [0.2, 0.25) is 0 Å². The molecule has 0 fully saturated rings. The van der Waals surface area contributed by atoms with Crippen molar-refractivity contribution < 1.29 is 9.18 Å². The largest absolute Gasteiger partial charge is 0.358 e. The van der Waals surface area contributed by atoms with E-state index < -0.39 is 0 Å². The predicted octanol–water partition coefficient (Wildman–Crippen LogP) is 4.20. The highest BCUT2D eigenvalue weighted by molar-refractivity contribution is 5.99. The first-order valence-electron chi connectivity index (χ1n) is 8.82. The lowest BCUT2D eigenvalue weighted by atomic mass is 9.87. The molecule has 0 radical (unpaired) electrons. The Bertz CT molecular complexity index is 1010. The van der Waals surface area contributed by atoms with Crippen LogP contribution < -0.4 is 5.43 Å². The first-order valence-corrected chi connectivity index (χ1v) is 8.82. The van der Waals surface area contributed by atoms with Crippen molar-refractivity contribution in [3.63, 3.8) is 0 Å². The number of nitrogens with one attached hydrogen (secondary N) is 2. The van der Waals surface area contributed by atoms with Crippen molar-refractivity contribution >= 4 is 23.0 Å². The normalized spacial score (nSPS) is 16.8. The van der Waals surface area contributed by atoms with Gasteiger partial charge >= 0.3 is 0 Å². The average molecular weight is 349 g/mol. The number of fused-ring (bicyclic) bond motifs is 3. The fraction of sp³-hybridized carbons (Fsp3) is 0.238. The summed E-state index contributed by atoms with van der Waals surface area (Å²) >= 11 is 0. The minimum atomic E-state index is -0.336. The standard InChI is InChI=1S/C21H20FN3O/c1-13-5-7-19-17(9-13)18-11-15(6-8-20(18)24-19)21(26)25-23-12-14-3-2-4-16(22)10-14/h2-4,6,8,10-13,24H,5,7,9H2,1H3,(H,25,26)/b23-12-. The second kappa shape index (κ2) is 6.75. The van der Waals surface area contributed by atoms with Crippen molar-refractivity contribution in [1.82, 2.24) is 10.4 Å². The van der Waals surface area contributed by atoms with Crippen LogP contribution in [-0.4, -0.2) is 17.1 Å². The first kappa shape index (κ1) is 16.5. The smallest absolute Gasteiger partial charge is 0.271 e. The lowest BCUT2D eigenvalue weighted by Crippen LogP contribution is -2.17. The quantitative estimate of drug-likeness (QED) is 0.540. The molecule has 0 saturated heterocycles. The summed E-state index contributed by atoms with van der Waals surface area (Å²) in [5.74, 6) is 0.0467. The minimum absolute atomic E-state index is 0.279. The number of carbonyl (C=O) groups excluding carboxylic acids is 1. The molecular formula is C21H20FN3O.